The lowest BCUT2D eigenvalue weighted by Gasteiger charge is -2.27. The van der Waals surface area contributed by atoms with Crippen molar-refractivity contribution < 1.29 is 9.60 Å². The van der Waals surface area contributed by atoms with E-state index in [1.165, 1.54) is 12.1 Å². The van der Waals surface area contributed by atoms with Gasteiger partial charge in [-0.15, -0.1) is 0 Å². The molecule has 1 aliphatic heterocycles. The maximum absolute atomic E-state index is 13.1. The number of piperidine rings is 1. The number of likely N-dealkylation sites (tertiary alicyclic amines) is 1. The van der Waals surface area contributed by atoms with E-state index in [4.69, 9.17) is 16.8 Å². The van der Waals surface area contributed by atoms with Gasteiger partial charge in [-0.25, -0.2) is 4.39 Å². The molecule has 0 atom stereocenters. The summed E-state index contributed by atoms with van der Waals surface area (Å²) in [7, 11) is 0. The maximum atomic E-state index is 13.1. The van der Waals surface area contributed by atoms with Crippen molar-refractivity contribution in [2.45, 2.75) is 19.4 Å². The summed E-state index contributed by atoms with van der Waals surface area (Å²) >= 11 is 6.01. The first kappa shape index (κ1) is 12.3. The molecule has 0 aromatic heterocycles. The smallest absolute Gasteiger partial charge is 0.123 e. The average Bonchev–Trinajstić information content (AvgIpc) is 2.35. The first-order chi connectivity index (χ1) is 8.19. The van der Waals surface area contributed by atoms with Crippen molar-refractivity contribution in [3.63, 3.8) is 0 Å². The molecule has 1 N–H and O–H groups in total. The molecular weight excluding hydrogens is 243 g/mol. The molecule has 1 heterocycles. The van der Waals surface area contributed by atoms with Gasteiger partial charge in [-0.3, -0.25) is 4.90 Å². The second kappa shape index (κ2) is 5.47. The van der Waals surface area contributed by atoms with Crippen LogP contribution in [0, 0.1) is 5.82 Å². The Morgan fingerprint density at radius 2 is 2.06 bits per heavy atom. The van der Waals surface area contributed by atoms with E-state index < -0.39 is 0 Å². The predicted octanol–water partition coefficient (Wildman–Crippen LogP) is 2.91. The SMILES string of the molecule is ON=C1CCN(Cc2cc(F)ccc2Cl)CC1. The molecule has 2 rings (SSSR count). The van der Waals surface area contributed by atoms with E-state index in [-0.39, 0.29) is 5.82 Å². The Labute approximate surface area is 104 Å². The molecule has 0 amide bonds. The largest absolute Gasteiger partial charge is 0.411 e. The van der Waals surface area contributed by atoms with E-state index in [0.29, 0.717) is 11.6 Å². The normalized spacial score (nSPS) is 17.2. The minimum absolute atomic E-state index is 0.265. The Hall–Kier alpha value is -1.13. The number of hydrogen-bond donors (Lipinski definition) is 1. The van der Waals surface area contributed by atoms with Gasteiger partial charge in [0.2, 0.25) is 0 Å². The van der Waals surface area contributed by atoms with Crippen LogP contribution >= 0.6 is 11.6 Å². The van der Waals surface area contributed by atoms with E-state index in [1.807, 2.05) is 0 Å². The van der Waals surface area contributed by atoms with Crippen molar-refractivity contribution in [2.75, 3.05) is 13.1 Å². The second-order valence-corrected chi connectivity index (χ2v) is 4.59. The molecule has 92 valence electrons. The van der Waals surface area contributed by atoms with E-state index >= 15 is 0 Å². The van der Waals surface area contributed by atoms with Crippen LogP contribution in [0.5, 0.6) is 0 Å². The van der Waals surface area contributed by atoms with Gasteiger partial charge in [0.15, 0.2) is 0 Å². The van der Waals surface area contributed by atoms with Crippen LogP contribution in [-0.4, -0.2) is 28.9 Å². The molecule has 17 heavy (non-hydrogen) atoms. The second-order valence-electron chi connectivity index (χ2n) is 4.18. The van der Waals surface area contributed by atoms with E-state index in [2.05, 4.69) is 10.1 Å². The molecule has 0 spiro atoms. The lowest BCUT2D eigenvalue weighted by molar-refractivity contribution is 0.256. The van der Waals surface area contributed by atoms with E-state index in [9.17, 15) is 4.39 Å². The zero-order chi connectivity index (χ0) is 12.3. The van der Waals surface area contributed by atoms with E-state index in [1.54, 1.807) is 6.07 Å². The van der Waals surface area contributed by atoms with Gasteiger partial charge >= 0.3 is 0 Å². The fraction of sp³-hybridized carbons (Fsp3) is 0.417. The third-order valence-electron chi connectivity index (χ3n) is 2.98. The van der Waals surface area contributed by atoms with E-state index in [0.717, 1.165) is 37.2 Å². The van der Waals surface area contributed by atoms with Gasteiger partial charge in [-0.1, -0.05) is 16.8 Å². The van der Waals surface area contributed by atoms with Crippen LogP contribution in [0.15, 0.2) is 23.4 Å². The van der Waals surface area contributed by atoms with Crippen LogP contribution in [-0.2, 0) is 6.54 Å². The summed E-state index contributed by atoms with van der Waals surface area (Å²) < 4.78 is 13.1. The Morgan fingerprint density at radius 1 is 1.35 bits per heavy atom. The lowest BCUT2D eigenvalue weighted by Crippen LogP contribution is -2.33. The molecular formula is C12H14ClFN2O. The summed E-state index contributed by atoms with van der Waals surface area (Å²) in [6, 6.07) is 4.41. The van der Waals surface area contributed by atoms with Crippen molar-refractivity contribution in [3.8, 4) is 0 Å². The van der Waals surface area contributed by atoms with Gasteiger partial charge in [0.25, 0.3) is 0 Å². The van der Waals surface area contributed by atoms with Gasteiger partial charge < -0.3 is 5.21 Å². The Balaban J connectivity index is 2.00. The topological polar surface area (TPSA) is 35.8 Å². The van der Waals surface area contributed by atoms with Crippen molar-refractivity contribution in [1.29, 1.82) is 0 Å². The lowest BCUT2D eigenvalue weighted by atomic mass is 10.1. The van der Waals surface area contributed by atoms with Crippen LogP contribution in [0.3, 0.4) is 0 Å². The zero-order valence-electron chi connectivity index (χ0n) is 9.37. The fourth-order valence-electron chi connectivity index (χ4n) is 1.97. The van der Waals surface area contributed by atoms with Crippen LogP contribution in [0.25, 0.3) is 0 Å². The Bertz CT molecular complexity index is 427. The van der Waals surface area contributed by atoms with Crippen LogP contribution < -0.4 is 0 Å². The number of halogens is 2. The molecule has 0 bridgehead atoms. The summed E-state index contributed by atoms with van der Waals surface area (Å²) in [4.78, 5) is 2.18. The monoisotopic (exact) mass is 256 g/mol. The first-order valence-electron chi connectivity index (χ1n) is 5.55. The summed E-state index contributed by atoms with van der Waals surface area (Å²) in [6.07, 6.45) is 1.51. The molecule has 1 aromatic rings. The third kappa shape index (κ3) is 3.17. The molecule has 0 saturated carbocycles. The number of hydrogen-bond acceptors (Lipinski definition) is 3. The zero-order valence-corrected chi connectivity index (χ0v) is 10.1. The van der Waals surface area contributed by atoms with Crippen molar-refractivity contribution >= 4 is 17.3 Å². The van der Waals surface area contributed by atoms with Crippen molar-refractivity contribution in [3.05, 3.63) is 34.6 Å². The number of rotatable bonds is 2. The Morgan fingerprint density at radius 3 is 2.71 bits per heavy atom. The van der Waals surface area contributed by atoms with Gasteiger partial charge in [0.1, 0.15) is 5.82 Å². The van der Waals surface area contributed by atoms with Crippen LogP contribution in [0.4, 0.5) is 4.39 Å². The molecule has 0 unspecified atom stereocenters. The highest BCUT2D eigenvalue weighted by molar-refractivity contribution is 6.31. The summed E-state index contributed by atoms with van der Waals surface area (Å²) in [5.41, 5.74) is 1.63. The van der Waals surface area contributed by atoms with Gasteiger partial charge in [-0.2, -0.15) is 0 Å². The molecule has 5 heteroatoms. The molecule has 1 aromatic carbocycles. The predicted molar refractivity (Wildman–Crippen MR) is 65.1 cm³/mol. The van der Waals surface area contributed by atoms with Crippen LogP contribution in [0.1, 0.15) is 18.4 Å². The first-order valence-corrected chi connectivity index (χ1v) is 5.93. The Kier molecular flexibility index (Phi) is 3.97. The number of oxime groups is 1. The minimum atomic E-state index is -0.265. The van der Waals surface area contributed by atoms with Gasteiger partial charge in [-0.05, 0) is 23.8 Å². The molecule has 1 fully saturated rings. The van der Waals surface area contributed by atoms with Gasteiger partial charge in [0.05, 0.1) is 5.71 Å². The average molecular weight is 257 g/mol. The number of benzene rings is 1. The molecule has 0 aliphatic carbocycles. The summed E-state index contributed by atoms with van der Waals surface area (Å²) in [6.45, 7) is 2.26. The van der Waals surface area contributed by atoms with Crippen molar-refractivity contribution in [1.82, 2.24) is 4.90 Å². The standard InChI is InChI=1S/C12H14ClFN2O/c13-12-2-1-10(14)7-9(12)8-16-5-3-11(15-17)4-6-16/h1-2,7,17H,3-6,8H2. The summed E-state index contributed by atoms with van der Waals surface area (Å²) in [5, 5.41) is 12.5. The quantitative estimate of drug-likeness (QED) is 0.652. The number of nitrogens with zero attached hydrogens (tertiary/aromatic N) is 2. The highest BCUT2D eigenvalue weighted by atomic mass is 35.5. The third-order valence-corrected chi connectivity index (χ3v) is 3.35. The highest BCUT2D eigenvalue weighted by Gasteiger charge is 2.16. The summed E-state index contributed by atoms with van der Waals surface area (Å²) in [5.74, 6) is -0.265. The van der Waals surface area contributed by atoms with Crippen LogP contribution in [0.2, 0.25) is 5.02 Å². The molecule has 3 nitrogen and oxygen atoms in total. The fourth-order valence-corrected chi connectivity index (χ4v) is 2.15. The molecule has 1 saturated heterocycles. The molecule has 0 radical (unpaired) electrons. The van der Waals surface area contributed by atoms with Gasteiger partial charge in [0, 0.05) is 37.5 Å². The van der Waals surface area contributed by atoms with Crippen molar-refractivity contribution in [2.24, 2.45) is 5.16 Å². The molecule has 1 aliphatic rings. The minimum Gasteiger partial charge on any atom is -0.411 e. The maximum Gasteiger partial charge on any atom is 0.123 e. The highest BCUT2D eigenvalue weighted by Crippen LogP contribution is 2.20.